The smallest absolute Gasteiger partial charge is 0.321 e. The second kappa shape index (κ2) is 7.03. The maximum atomic E-state index is 11.7. The van der Waals surface area contributed by atoms with Gasteiger partial charge in [0.25, 0.3) is 0 Å². The molecule has 2 aromatic rings. The fourth-order valence-corrected chi connectivity index (χ4v) is 2.36. The first-order valence-corrected chi connectivity index (χ1v) is 7.47. The normalized spacial score (nSPS) is 10.2. The lowest BCUT2D eigenvalue weighted by Gasteiger charge is -2.12. The average Bonchev–Trinajstić information content (AvgIpc) is 2.84. The third-order valence-electron chi connectivity index (χ3n) is 2.90. The number of amides is 2. The van der Waals surface area contributed by atoms with Crippen LogP contribution in [-0.2, 0) is 6.42 Å². The molecule has 0 aliphatic carbocycles. The molecule has 21 heavy (non-hydrogen) atoms. The SMILES string of the molecule is Cc1nnc(NC(=O)NCCc2ccc(N(C)C)cc2)s1. The molecule has 0 radical (unpaired) electrons. The summed E-state index contributed by atoms with van der Waals surface area (Å²) in [6.45, 7) is 2.42. The van der Waals surface area contributed by atoms with Gasteiger partial charge in [-0.05, 0) is 31.0 Å². The highest BCUT2D eigenvalue weighted by molar-refractivity contribution is 7.15. The molecule has 0 spiro atoms. The first-order valence-electron chi connectivity index (χ1n) is 6.66. The zero-order valence-corrected chi connectivity index (χ0v) is 13.2. The van der Waals surface area contributed by atoms with E-state index in [4.69, 9.17) is 0 Å². The van der Waals surface area contributed by atoms with E-state index in [1.807, 2.05) is 21.0 Å². The Labute approximate surface area is 128 Å². The topological polar surface area (TPSA) is 70.1 Å². The molecule has 0 aliphatic heterocycles. The summed E-state index contributed by atoms with van der Waals surface area (Å²) in [5.41, 5.74) is 2.35. The van der Waals surface area contributed by atoms with Crippen molar-refractivity contribution in [1.29, 1.82) is 0 Å². The summed E-state index contributed by atoms with van der Waals surface area (Å²) < 4.78 is 0. The first kappa shape index (κ1) is 15.2. The Morgan fingerprint density at radius 2 is 1.95 bits per heavy atom. The van der Waals surface area contributed by atoms with E-state index in [0.717, 1.165) is 17.1 Å². The Morgan fingerprint density at radius 3 is 2.52 bits per heavy atom. The Hall–Kier alpha value is -2.15. The third kappa shape index (κ3) is 4.71. The molecule has 1 aromatic heterocycles. The number of carbonyl (C=O) groups excluding carboxylic acids is 1. The van der Waals surface area contributed by atoms with Crippen molar-refractivity contribution in [3.63, 3.8) is 0 Å². The Balaban J connectivity index is 1.74. The van der Waals surface area contributed by atoms with Crippen LogP contribution >= 0.6 is 11.3 Å². The molecule has 0 bridgehead atoms. The molecule has 0 saturated heterocycles. The number of aryl methyl sites for hydroxylation is 1. The van der Waals surface area contributed by atoms with Crippen LogP contribution in [0.1, 0.15) is 10.6 Å². The van der Waals surface area contributed by atoms with Crippen molar-refractivity contribution < 1.29 is 4.79 Å². The highest BCUT2D eigenvalue weighted by Crippen LogP contribution is 2.13. The van der Waals surface area contributed by atoms with Gasteiger partial charge in [-0.25, -0.2) is 4.79 Å². The van der Waals surface area contributed by atoms with Crippen LogP contribution < -0.4 is 15.5 Å². The molecular formula is C14H19N5OS. The van der Waals surface area contributed by atoms with Crippen LogP contribution in [0.15, 0.2) is 24.3 Å². The maximum Gasteiger partial charge on any atom is 0.321 e. The van der Waals surface area contributed by atoms with Crippen molar-refractivity contribution in [3.05, 3.63) is 34.8 Å². The number of aromatic nitrogens is 2. The number of benzene rings is 1. The second-order valence-electron chi connectivity index (χ2n) is 4.82. The van der Waals surface area contributed by atoms with Crippen LogP contribution in [0.5, 0.6) is 0 Å². The van der Waals surface area contributed by atoms with Gasteiger partial charge in [0.2, 0.25) is 5.13 Å². The van der Waals surface area contributed by atoms with E-state index in [1.54, 1.807) is 0 Å². The largest absolute Gasteiger partial charge is 0.378 e. The minimum absolute atomic E-state index is 0.254. The second-order valence-corrected chi connectivity index (χ2v) is 6.00. The summed E-state index contributed by atoms with van der Waals surface area (Å²) in [5.74, 6) is 0. The average molecular weight is 305 g/mol. The van der Waals surface area contributed by atoms with Crippen LogP contribution in [0.3, 0.4) is 0 Å². The van der Waals surface area contributed by atoms with Gasteiger partial charge in [0.15, 0.2) is 0 Å². The summed E-state index contributed by atoms with van der Waals surface area (Å²) in [5, 5.41) is 14.5. The maximum absolute atomic E-state index is 11.7. The molecule has 0 aliphatic rings. The van der Waals surface area contributed by atoms with Gasteiger partial charge in [0, 0.05) is 26.3 Å². The minimum atomic E-state index is -0.254. The zero-order chi connectivity index (χ0) is 15.2. The van der Waals surface area contributed by atoms with E-state index < -0.39 is 0 Å². The highest BCUT2D eigenvalue weighted by atomic mass is 32.1. The molecule has 0 fully saturated rings. The molecule has 0 unspecified atom stereocenters. The molecule has 0 atom stereocenters. The van der Waals surface area contributed by atoms with Gasteiger partial charge < -0.3 is 10.2 Å². The summed E-state index contributed by atoms with van der Waals surface area (Å²) in [4.78, 5) is 13.7. The predicted molar refractivity (Wildman–Crippen MR) is 86.1 cm³/mol. The summed E-state index contributed by atoms with van der Waals surface area (Å²) in [6.07, 6.45) is 0.788. The summed E-state index contributed by atoms with van der Waals surface area (Å²) in [7, 11) is 4.02. The van der Waals surface area contributed by atoms with Gasteiger partial charge in [-0.2, -0.15) is 0 Å². The van der Waals surface area contributed by atoms with E-state index in [0.29, 0.717) is 11.7 Å². The number of rotatable bonds is 5. The lowest BCUT2D eigenvalue weighted by atomic mass is 10.1. The van der Waals surface area contributed by atoms with Gasteiger partial charge >= 0.3 is 6.03 Å². The Bertz CT molecular complexity index is 594. The number of nitrogens with one attached hydrogen (secondary N) is 2. The molecule has 2 rings (SSSR count). The molecule has 1 heterocycles. The van der Waals surface area contributed by atoms with E-state index in [-0.39, 0.29) is 6.03 Å². The fourth-order valence-electron chi connectivity index (χ4n) is 1.77. The minimum Gasteiger partial charge on any atom is -0.378 e. The van der Waals surface area contributed by atoms with Crippen molar-refractivity contribution in [3.8, 4) is 0 Å². The molecule has 7 heteroatoms. The van der Waals surface area contributed by atoms with Gasteiger partial charge in [0.05, 0.1) is 0 Å². The van der Waals surface area contributed by atoms with Gasteiger partial charge in [-0.1, -0.05) is 23.5 Å². The fraction of sp³-hybridized carbons (Fsp3) is 0.357. The third-order valence-corrected chi connectivity index (χ3v) is 3.65. The standard InChI is InChI=1S/C14H19N5OS/c1-10-17-18-14(21-10)16-13(20)15-9-8-11-4-6-12(7-5-11)19(2)3/h4-7H,8-9H2,1-3H3,(H2,15,16,18,20). The molecule has 1 aromatic carbocycles. The highest BCUT2D eigenvalue weighted by Gasteiger charge is 2.05. The molecule has 112 valence electrons. The van der Waals surface area contributed by atoms with Crippen molar-refractivity contribution in [2.45, 2.75) is 13.3 Å². The quantitative estimate of drug-likeness (QED) is 0.889. The number of carbonyl (C=O) groups is 1. The van der Waals surface area contributed by atoms with Crippen LogP contribution in [0, 0.1) is 6.92 Å². The Morgan fingerprint density at radius 1 is 1.24 bits per heavy atom. The van der Waals surface area contributed by atoms with E-state index in [9.17, 15) is 4.79 Å². The summed E-state index contributed by atoms with van der Waals surface area (Å²) in [6, 6.07) is 8.03. The molecule has 2 amide bonds. The predicted octanol–water partition coefficient (Wildman–Crippen LogP) is 2.28. The molecular weight excluding hydrogens is 286 g/mol. The van der Waals surface area contributed by atoms with Gasteiger partial charge in [-0.3, -0.25) is 5.32 Å². The number of urea groups is 1. The summed E-state index contributed by atoms with van der Waals surface area (Å²) >= 11 is 1.35. The monoisotopic (exact) mass is 305 g/mol. The molecule has 2 N–H and O–H groups in total. The number of hydrogen-bond acceptors (Lipinski definition) is 5. The number of nitrogens with zero attached hydrogens (tertiary/aromatic N) is 3. The van der Waals surface area contributed by atoms with Crippen LogP contribution in [-0.4, -0.2) is 36.9 Å². The van der Waals surface area contributed by atoms with Gasteiger partial charge in [0.1, 0.15) is 5.01 Å². The number of anilines is 2. The lowest BCUT2D eigenvalue weighted by Crippen LogP contribution is -2.30. The molecule has 0 saturated carbocycles. The van der Waals surface area contributed by atoms with Crippen molar-refractivity contribution in [2.24, 2.45) is 0 Å². The number of hydrogen-bond donors (Lipinski definition) is 2. The van der Waals surface area contributed by atoms with Crippen molar-refractivity contribution in [1.82, 2.24) is 15.5 Å². The van der Waals surface area contributed by atoms with E-state index >= 15 is 0 Å². The zero-order valence-electron chi connectivity index (χ0n) is 12.4. The van der Waals surface area contributed by atoms with E-state index in [1.165, 1.54) is 16.9 Å². The van der Waals surface area contributed by atoms with Crippen LogP contribution in [0.2, 0.25) is 0 Å². The van der Waals surface area contributed by atoms with Crippen molar-refractivity contribution >= 4 is 28.2 Å². The van der Waals surface area contributed by atoms with Gasteiger partial charge in [-0.15, -0.1) is 10.2 Å². The van der Waals surface area contributed by atoms with Crippen LogP contribution in [0.4, 0.5) is 15.6 Å². The van der Waals surface area contributed by atoms with Crippen molar-refractivity contribution in [2.75, 3.05) is 30.9 Å². The Kier molecular flexibility index (Phi) is 5.10. The molecule has 6 nitrogen and oxygen atoms in total. The van der Waals surface area contributed by atoms with E-state index in [2.05, 4.69) is 50.0 Å². The van der Waals surface area contributed by atoms with Crippen LogP contribution in [0.25, 0.3) is 0 Å². The first-order chi connectivity index (χ1) is 10.0. The lowest BCUT2D eigenvalue weighted by molar-refractivity contribution is 0.252.